The van der Waals surface area contributed by atoms with Gasteiger partial charge in [-0.05, 0) is 47.2 Å². The van der Waals surface area contributed by atoms with E-state index >= 15 is 0 Å². The van der Waals surface area contributed by atoms with Gasteiger partial charge in [0.25, 0.3) is 0 Å². The Balaban J connectivity index is 2.45. The highest BCUT2D eigenvalue weighted by molar-refractivity contribution is 14.1. The SMILES string of the molecule is CCn1ncc(OC)c1C(N)c1ccc(I)c(Cl)c1. The van der Waals surface area contributed by atoms with Crippen molar-refractivity contribution in [1.82, 2.24) is 9.78 Å². The van der Waals surface area contributed by atoms with E-state index in [1.807, 2.05) is 29.8 Å². The van der Waals surface area contributed by atoms with E-state index in [-0.39, 0.29) is 6.04 Å². The highest BCUT2D eigenvalue weighted by Gasteiger charge is 2.20. The van der Waals surface area contributed by atoms with Gasteiger partial charge in [0, 0.05) is 10.1 Å². The van der Waals surface area contributed by atoms with Crippen LogP contribution in [0.3, 0.4) is 0 Å². The summed E-state index contributed by atoms with van der Waals surface area (Å²) in [7, 11) is 1.62. The topological polar surface area (TPSA) is 53.1 Å². The third-order valence-electron chi connectivity index (χ3n) is 2.96. The van der Waals surface area contributed by atoms with Gasteiger partial charge in [-0.25, -0.2) is 0 Å². The minimum atomic E-state index is -0.313. The minimum Gasteiger partial charge on any atom is -0.493 e. The molecule has 2 aromatic rings. The van der Waals surface area contributed by atoms with E-state index in [2.05, 4.69) is 27.7 Å². The molecule has 0 amide bonds. The van der Waals surface area contributed by atoms with Crippen molar-refractivity contribution in [2.24, 2.45) is 5.73 Å². The van der Waals surface area contributed by atoms with E-state index in [1.165, 1.54) is 0 Å². The number of nitrogens with two attached hydrogens (primary N) is 1. The molecule has 4 nitrogen and oxygen atoms in total. The van der Waals surface area contributed by atoms with Crippen LogP contribution in [0.4, 0.5) is 0 Å². The maximum absolute atomic E-state index is 6.33. The lowest BCUT2D eigenvalue weighted by Crippen LogP contribution is -2.18. The van der Waals surface area contributed by atoms with Crippen LogP contribution < -0.4 is 10.5 Å². The van der Waals surface area contributed by atoms with Gasteiger partial charge in [-0.2, -0.15) is 5.10 Å². The summed E-state index contributed by atoms with van der Waals surface area (Å²) in [6.45, 7) is 2.76. The van der Waals surface area contributed by atoms with Crippen molar-refractivity contribution in [3.05, 3.63) is 44.2 Å². The number of methoxy groups -OCH3 is 1. The Morgan fingerprint density at radius 1 is 1.53 bits per heavy atom. The molecular weight excluding hydrogens is 377 g/mol. The van der Waals surface area contributed by atoms with Crippen molar-refractivity contribution in [3.8, 4) is 5.75 Å². The van der Waals surface area contributed by atoms with E-state index in [0.29, 0.717) is 10.8 Å². The molecule has 0 spiro atoms. The lowest BCUT2D eigenvalue weighted by molar-refractivity contribution is 0.404. The van der Waals surface area contributed by atoms with E-state index in [0.717, 1.165) is 21.4 Å². The van der Waals surface area contributed by atoms with Crippen LogP contribution in [-0.2, 0) is 6.54 Å². The number of hydrogen-bond acceptors (Lipinski definition) is 3. The summed E-state index contributed by atoms with van der Waals surface area (Å²) in [6.07, 6.45) is 1.69. The molecule has 6 heteroatoms. The molecule has 19 heavy (non-hydrogen) atoms. The van der Waals surface area contributed by atoms with Gasteiger partial charge in [0.1, 0.15) is 5.69 Å². The van der Waals surface area contributed by atoms with Crippen LogP contribution in [0.5, 0.6) is 5.75 Å². The van der Waals surface area contributed by atoms with Gasteiger partial charge in [-0.3, -0.25) is 4.68 Å². The summed E-state index contributed by atoms with van der Waals surface area (Å²) in [6, 6.07) is 5.51. The average molecular weight is 392 g/mol. The van der Waals surface area contributed by atoms with Crippen LogP contribution in [0.1, 0.15) is 24.2 Å². The fourth-order valence-electron chi connectivity index (χ4n) is 1.96. The standard InChI is InChI=1S/C13H15ClIN3O/c1-3-18-13(11(19-2)7-17-18)12(16)8-4-5-10(15)9(14)6-8/h4-7,12H,3,16H2,1-2H3. The zero-order valence-corrected chi connectivity index (χ0v) is 13.6. The smallest absolute Gasteiger partial charge is 0.161 e. The third kappa shape index (κ3) is 2.88. The van der Waals surface area contributed by atoms with Crippen molar-refractivity contribution in [3.63, 3.8) is 0 Å². The number of benzene rings is 1. The lowest BCUT2D eigenvalue weighted by Gasteiger charge is -2.16. The second-order valence-corrected chi connectivity index (χ2v) is 5.63. The molecule has 0 saturated carbocycles. The first-order chi connectivity index (χ1) is 9.08. The Hall–Kier alpha value is -0.790. The molecule has 102 valence electrons. The van der Waals surface area contributed by atoms with E-state index in [9.17, 15) is 0 Å². The normalized spacial score (nSPS) is 12.5. The maximum Gasteiger partial charge on any atom is 0.161 e. The molecule has 1 atom stereocenters. The highest BCUT2D eigenvalue weighted by atomic mass is 127. The molecule has 0 aliphatic carbocycles. The summed E-state index contributed by atoms with van der Waals surface area (Å²) in [5.74, 6) is 0.698. The number of halogens is 2. The van der Waals surface area contributed by atoms with Gasteiger partial charge >= 0.3 is 0 Å². The van der Waals surface area contributed by atoms with Gasteiger partial charge in [0.05, 0.1) is 24.4 Å². The monoisotopic (exact) mass is 391 g/mol. The number of aromatic nitrogens is 2. The predicted molar refractivity (Wildman–Crippen MR) is 84.7 cm³/mol. The number of rotatable bonds is 4. The Morgan fingerprint density at radius 2 is 2.26 bits per heavy atom. The fraction of sp³-hybridized carbons (Fsp3) is 0.308. The fourth-order valence-corrected chi connectivity index (χ4v) is 2.49. The minimum absolute atomic E-state index is 0.313. The average Bonchev–Trinajstić information content (AvgIpc) is 2.83. The summed E-state index contributed by atoms with van der Waals surface area (Å²) in [4.78, 5) is 0. The van der Waals surface area contributed by atoms with Crippen molar-refractivity contribution in [1.29, 1.82) is 0 Å². The Bertz CT molecular complexity index is 564. The Kier molecular flexibility index (Phi) is 4.70. The molecular formula is C13H15ClIN3O. The van der Waals surface area contributed by atoms with Crippen LogP contribution in [0, 0.1) is 3.57 Å². The van der Waals surface area contributed by atoms with Gasteiger partial charge in [-0.15, -0.1) is 0 Å². The lowest BCUT2D eigenvalue weighted by atomic mass is 10.0. The van der Waals surface area contributed by atoms with E-state index in [4.69, 9.17) is 22.1 Å². The molecule has 0 fully saturated rings. The van der Waals surface area contributed by atoms with Crippen molar-refractivity contribution in [2.75, 3.05) is 7.11 Å². The van der Waals surface area contributed by atoms with Crippen LogP contribution in [0.2, 0.25) is 5.02 Å². The van der Waals surface area contributed by atoms with Gasteiger partial charge in [0.2, 0.25) is 0 Å². The highest BCUT2D eigenvalue weighted by Crippen LogP contribution is 2.30. The largest absolute Gasteiger partial charge is 0.493 e. The second kappa shape index (κ2) is 6.11. The zero-order chi connectivity index (χ0) is 14.0. The van der Waals surface area contributed by atoms with Crippen LogP contribution >= 0.6 is 34.2 Å². The number of aryl methyl sites for hydroxylation is 1. The van der Waals surface area contributed by atoms with Crippen LogP contribution in [-0.4, -0.2) is 16.9 Å². The molecule has 2 N–H and O–H groups in total. The molecule has 0 radical (unpaired) electrons. The number of hydrogen-bond donors (Lipinski definition) is 1. The Morgan fingerprint density at radius 3 is 2.84 bits per heavy atom. The van der Waals surface area contributed by atoms with Gasteiger partial charge < -0.3 is 10.5 Å². The summed E-state index contributed by atoms with van der Waals surface area (Å²) < 4.78 is 8.17. The first kappa shape index (κ1) is 14.6. The van der Waals surface area contributed by atoms with Crippen LogP contribution in [0.25, 0.3) is 0 Å². The van der Waals surface area contributed by atoms with Gasteiger partial charge in [-0.1, -0.05) is 17.7 Å². The van der Waals surface area contributed by atoms with Crippen molar-refractivity contribution in [2.45, 2.75) is 19.5 Å². The maximum atomic E-state index is 6.33. The molecule has 1 aromatic heterocycles. The molecule has 1 unspecified atom stereocenters. The molecule has 0 saturated heterocycles. The quantitative estimate of drug-likeness (QED) is 0.814. The molecule has 0 aliphatic heterocycles. The van der Waals surface area contributed by atoms with Crippen LogP contribution in [0.15, 0.2) is 24.4 Å². The summed E-state index contributed by atoms with van der Waals surface area (Å²) >= 11 is 8.34. The first-order valence-corrected chi connectivity index (χ1v) is 7.34. The molecule has 0 bridgehead atoms. The van der Waals surface area contributed by atoms with Gasteiger partial charge in [0.15, 0.2) is 5.75 Å². The number of ether oxygens (including phenoxy) is 1. The van der Waals surface area contributed by atoms with E-state index in [1.54, 1.807) is 13.3 Å². The molecule has 1 aromatic carbocycles. The van der Waals surface area contributed by atoms with E-state index < -0.39 is 0 Å². The third-order valence-corrected chi connectivity index (χ3v) is 4.53. The second-order valence-electron chi connectivity index (χ2n) is 4.07. The molecule has 2 rings (SSSR count). The van der Waals surface area contributed by atoms with Crippen molar-refractivity contribution < 1.29 is 4.74 Å². The molecule has 1 heterocycles. The predicted octanol–water partition coefficient (Wildman–Crippen LogP) is 3.22. The summed E-state index contributed by atoms with van der Waals surface area (Å²) in [5, 5.41) is 4.97. The zero-order valence-electron chi connectivity index (χ0n) is 10.7. The molecule has 0 aliphatic rings. The summed E-state index contributed by atoms with van der Waals surface area (Å²) in [5.41, 5.74) is 8.14. The van der Waals surface area contributed by atoms with Crippen molar-refractivity contribution >= 4 is 34.2 Å². The number of nitrogens with zero attached hydrogens (tertiary/aromatic N) is 2. The Labute approximate surface area is 131 Å². The first-order valence-electron chi connectivity index (χ1n) is 5.88.